The van der Waals surface area contributed by atoms with Crippen molar-refractivity contribution in [3.8, 4) is 5.75 Å². The molecule has 29 heavy (non-hydrogen) atoms. The summed E-state index contributed by atoms with van der Waals surface area (Å²) >= 11 is 0. The standard InChI is InChI=1S/C20H26N4O5/c1-13-10-24(20(28)21-18(13)26)16-11-23(12-17(16)25)19(27)14-4-6-15(7-5-14)29-9-8-22(2)3/h4-7,10,16-17,25H,8-9,11-12H2,1-3H3,(H,21,26,28)/t16-,17-/m0/s1. The lowest BCUT2D eigenvalue weighted by atomic mass is 10.2. The number of hydrogen-bond donors (Lipinski definition) is 2. The molecule has 156 valence electrons. The first-order valence-corrected chi connectivity index (χ1v) is 9.43. The van der Waals surface area contributed by atoms with Crippen LogP contribution in [0.1, 0.15) is 22.0 Å². The molecule has 3 rings (SSSR count). The smallest absolute Gasteiger partial charge is 0.328 e. The molecule has 0 unspecified atom stereocenters. The summed E-state index contributed by atoms with van der Waals surface area (Å²) < 4.78 is 6.92. The average molecular weight is 402 g/mol. The van der Waals surface area contributed by atoms with Gasteiger partial charge in [-0.05, 0) is 45.3 Å². The predicted octanol–water partition coefficient (Wildman–Crippen LogP) is -0.157. The predicted molar refractivity (Wildman–Crippen MR) is 107 cm³/mol. The quantitative estimate of drug-likeness (QED) is 0.696. The number of aliphatic hydroxyl groups is 1. The van der Waals surface area contributed by atoms with Crippen LogP contribution in [0.4, 0.5) is 0 Å². The summed E-state index contributed by atoms with van der Waals surface area (Å²) in [5.41, 5.74) is -0.216. The van der Waals surface area contributed by atoms with Gasteiger partial charge in [0.25, 0.3) is 11.5 Å². The molecular weight excluding hydrogens is 376 g/mol. The molecule has 1 saturated heterocycles. The Bertz CT molecular complexity index is 980. The number of ether oxygens (including phenoxy) is 1. The van der Waals surface area contributed by atoms with Crippen molar-refractivity contribution in [3.05, 3.63) is 62.4 Å². The van der Waals surface area contributed by atoms with Crippen molar-refractivity contribution >= 4 is 5.91 Å². The fourth-order valence-corrected chi connectivity index (χ4v) is 3.26. The van der Waals surface area contributed by atoms with Crippen molar-refractivity contribution in [1.29, 1.82) is 0 Å². The number of amides is 1. The number of aromatic amines is 1. The van der Waals surface area contributed by atoms with E-state index in [-0.39, 0.29) is 19.0 Å². The Labute approximate surface area is 168 Å². The Balaban J connectivity index is 1.69. The van der Waals surface area contributed by atoms with Crippen LogP contribution in [0.5, 0.6) is 5.75 Å². The van der Waals surface area contributed by atoms with Crippen LogP contribution in [-0.2, 0) is 0 Å². The van der Waals surface area contributed by atoms with Crippen molar-refractivity contribution < 1.29 is 14.6 Å². The highest BCUT2D eigenvalue weighted by Gasteiger charge is 2.36. The Hall–Kier alpha value is -2.91. The molecule has 1 aromatic carbocycles. The number of likely N-dealkylation sites (N-methyl/N-ethyl adjacent to an activating group) is 1. The van der Waals surface area contributed by atoms with E-state index < -0.39 is 23.4 Å². The van der Waals surface area contributed by atoms with Crippen LogP contribution in [0, 0.1) is 6.92 Å². The van der Waals surface area contributed by atoms with Crippen LogP contribution in [-0.4, -0.2) is 76.8 Å². The number of carbonyl (C=O) groups excluding carboxylic acids is 1. The summed E-state index contributed by atoms with van der Waals surface area (Å²) in [6, 6.07) is 6.23. The molecule has 2 N–H and O–H groups in total. The minimum absolute atomic E-state index is 0.106. The molecule has 0 bridgehead atoms. The molecule has 2 aromatic rings. The second-order valence-electron chi connectivity index (χ2n) is 7.50. The number of nitrogens with one attached hydrogen (secondary N) is 1. The van der Waals surface area contributed by atoms with E-state index in [9.17, 15) is 19.5 Å². The number of H-pyrrole nitrogens is 1. The van der Waals surface area contributed by atoms with Gasteiger partial charge in [0, 0.05) is 37.0 Å². The lowest BCUT2D eigenvalue weighted by molar-refractivity contribution is 0.0764. The molecule has 0 spiro atoms. The normalized spacial score (nSPS) is 19.0. The third kappa shape index (κ3) is 4.75. The van der Waals surface area contributed by atoms with E-state index in [0.29, 0.717) is 23.5 Å². The zero-order valence-corrected chi connectivity index (χ0v) is 16.8. The summed E-state index contributed by atoms with van der Waals surface area (Å²) in [6.45, 7) is 3.20. The van der Waals surface area contributed by atoms with Crippen molar-refractivity contribution in [2.75, 3.05) is 40.3 Å². The number of nitrogens with zero attached hydrogens (tertiary/aromatic N) is 3. The second kappa shape index (κ2) is 8.62. The molecule has 1 aliphatic heterocycles. The fraction of sp³-hybridized carbons (Fsp3) is 0.450. The van der Waals surface area contributed by atoms with Gasteiger partial charge < -0.3 is 19.6 Å². The molecule has 1 amide bonds. The Kier molecular flexibility index (Phi) is 6.19. The van der Waals surface area contributed by atoms with E-state index >= 15 is 0 Å². The Morgan fingerprint density at radius 1 is 1.24 bits per heavy atom. The molecule has 9 heteroatoms. The van der Waals surface area contributed by atoms with Crippen LogP contribution in [0.15, 0.2) is 40.1 Å². The number of hydrogen-bond acceptors (Lipinski definition) is 6. The van der Waals surface area contributed by atoms with Gasteiger partial charge in [-0.25, -0.2) is 4.79 Å². The van der Waals surface area contributed by atoms with Crippen LogP contribution in [0.25, 0.3) is 0 Å². The van der Waals surface area contributed by atoms with E-state index in [0.717, 1.165) is 6.54 Å². The Morgan fingerprint density at radius 2 is 1.93 bits per heavy atom. The number of likely N-dealkylation sites (tertiary alicyclic amines) is 1. The molecule has 0 radical (unpaired) electrons. The maximum absolute atomic E-state index is 12.8. The third-order valence-corrected chi connectivity index (χ3v) is 4.96. The van der Waals surface area contributed by atoms with Gasteiger partial charge in [-0.3, -0.25) is 19.1 Å². The number of aliphatic hydroxyl groups excluding tert-OH is 1. The maximum Gasteiger partial charge on any atom is 0.328 e. The summed E-state index contributed by atoms with van der Waals surface area (Å²) in [6.07, 6.45) is 0.513. The van der Waals surface area contributed by atoms with Gasteiger partial charge in [0.2, 0.25) is 0 Å². The zero-order valence-electron chi connectivity index (χ0n) is 16.8. The lowest BCUT2D eigenvalue weighted by Crippen LogP contribution is -2.37. The largest absolute Gasteiger partial charge is 0.492 e. The first-order valence-electron chi connectivity index (χ1n) is 9.43. The number of benzene rings is 1. The minimum Gasteiger partial charge on any atom is -0.492 e. The minimum atomic E-state index is -0.907. The van der Waals surface area contributed by atoms with Gasteiger partial charge in [-0.1, -0.05) is 0 Å². The SMILES string of the molecule is Cc1cn([C@H]2CN(C(=O)c3ccc(OCCN(C)C)cc3)C[C@@H]2O)c(=O)[nH]c1=O. The molecule has 0 aliphatic carbocycles. The van der Waals surface area contributed by atoms with Crippen LogP contribution < -0.4 is 16.0 Å². The first kappa shape index (κ1) is 20.8. The summed E-state index contributed by atoms with van der Waals surface area (Å²) in [7, 11) is 3.93. The monoisotopic (exact) mass is 402 g/mol. The van der Waals surface area contributed by atoms with E-state index in [2.05, 4.69) is 4.98 Å². The van der Waals surface area contributed by atoms with Crippen LogP contribution in [0.3, 0.4) is 0 Å². The highest BCUT2D eigenvalue weighted by Crippen LogP contribution is 2.23. The van der Waals surface area contributed by atoms with E-state index in [1.807, 2.05) is 19.0 Å². The molecule has 0 saturated carbocycles. The van der Waals surface area contributed by atoms with Gasteiger partial charge in [0.05, 0.1) is 12.1 Å². The van der Waals surface area contributed by atoms with E-state index in [1.165, 1.54) is 15.7 Å². The van der Waals surface area contributed by atoms with Crippen LogP contribution >= 0.6 is 0 Å². The molecule has 2 atom stereocenters. The molecule has 1 aromatic heterocycles. The number of rotatable bonds is 6. The van der Waals surface area contributed by atoms with Gasteiger partial charge in [0.15, 0.2) is 0 Å². The summed E-state index contributed by atoms with van der Waals surface area (Å²) in [5, 5.41) is 10.4. The molecular formula is C20H26N4O5. The zero-order chi connectivity index (χ0) is 21.1. The van der Waals surface area contributed by atoms with Crippen LogP contribution in [0.2, 0.25) is 0 Å². The third-order valence-electron chi connectivity index (χ3n) is 4.96. The Morgan fingerprint density at radius 3 is 2.59 bits per heavy atom. The second-order valence-corrected chi connectivity index (χ2v) is 7.50. The highest BCUT2D eigenvalue weighted by molar-refractivity contribution is 5.94. The van der Waals surface area contributed by atoms with Crippen molar-refractivity contribution in [3.63, 3.8) is 0 Å². The maximum atomic E-state index is 12.8. The number of β-amino-alcohol motifs (C(OH)–C–C–N with tert-alkyl or cyclic N) is 1. The molecule has 1 aliphatic rings. The first-order chi connectivity index (χ1) is 13.8. The van der Waals surface area contributed by atoms with E-state index in [1.54, 1.807) is 31.2 Å². The van der Waals surface area contributed by atoms with Gasteiger partial charge in [-0.15, -0.1) is 0 Å². The summed E-state index contributed by atoms with van der Waals surface area (Å²) in [4.78, 5) is 42.2. The number of aryl methyl sites for hydroxylation is 1. The molecule has 2 heterocycles. The fourth-order valence-electron chi connectivity index (χ4n) is 3.26. The molecule has 9 nitrogen and oxygen atoms in total. The van der Waals surface area contributed by atoms with E-state index in [4.69, 9.17) is 4.74 Å². The van der Waals surface area contributed by atoms with Crippen molar-refractivity contribution in [2.24, 2.45) is 0 Å². The number of aromatic nitrogens is 2. The van der Waals surface area contributed by atoms with Crippen molar-refractivity contribution in [2.45, 2.75) is 19.1 Å². The highest BCUT2D eigenvalue weighted by atomic mass is 16.5. The van der Waals surface area contributed by atoms with Gasteiger partial charge in [0.1, 0.15) is 12.4 Å². The number of carbonyl (C=O) groups is 1. The molecule has 1 fully saturated rings. The topological polar surface area (TPSA) is 108 Å². The van der Waals surface area contributed by atoms with Crippen molar-refractivity contribution in [1.82, 2.24) is 19.4 Å². The van der Waals surface area contributed by atoms with Gasteiger partial charge in [-0.2, -0.15) is 0 Å². The lowest BCUT2D eigenvalue weighted by Gasteiger charge is -2.18. The summed E-state index contributed by atoms with van der Waals surface area (Å²) in [5.74, 6) is 0.443. The average Bonchev–Trinajstić information content (AvgIpc) is 3.06. The van der Waals surface area contributed by atoms with Gasteiger partial charge >= 0.3 is 5.69 Å².